The number of ether oxygens (including phenoxy) is 4. The minimum atomic E-state index is -0.322. The number of nitrogens with zero attached hydrogens (tertiary/aromatic N) is 4. The van der Waals surface area contributed by atoms with Crippen molar-refractivity contribution in [2.45, 2.75) is 59.0 Å². The smallest absolute Gasteiger partial charge is 0.260 e. The first kappa shape index (κ1) is 43.7. The number of aromatic hydroxyl groups is 1. The fraction of sp³-hybridized carbons (Fsp3) is 0.340. The summed E-state index contributed by atoms with van der Waals surface area (Å²) in [5, 5.41) is 15.4. The molecule has 0 aromatic heterocycles. The van der Waals surface area contributed by atoms with Crippen molar-refractivity contribution in [2.24, 2.45) is 20.8 Å². The number of nitrogens with one attached hydrogen (secondary N) is 2. The van der Waals surface area contributed by atoms with E-state index in [1.165, 1.54) is 0 Å². The van der Waals surface area contributed by atoms with Crippen molar-refractivity contribution in [2.75, 3.05) is 46.3 Å². The molecule has 3 N–H and O–H groups in total. The quantitative estimate of drug-likeness (QED) is 0.106. The molecule has 64 heavy (non-hydrogen) atoms. The van der Waals surface area contributed by atoms with Gasteiger partial charge in [-0.1, -0.05) is 52.0 Å². The summed E-state index contributed by atoms with van der Waals surface area (Å²) in [5.41, 5.74) is 5.80. The highest BCUT2D eigenvalue weighted by Gasteiger charge is 2.36. The van der Waals surface area contributed by atoms with Gasteiger partial charge in [0.2, 0.25) is 5.91 Å². The first-order valence-corrected chi connectivity index (χ1v) is 21.3. The molecule has 0 saturated carbocycles. The standard InChI is InChI=1S/C50H54N6O8/c1-49(2,27-50(3,4)29-64-45-21-41-39(19-43(45)62-7)48(60)56-26-33(17-36(56)23-53-41)31-10-14-37(57)15-11-31)28-63-44-20-40-38(18-42(44)61-6)47(59)55-25-32(16-35(55)22-52-40)30-8-12-34(13-9-30)54-46(58)24-51-5/h8-15,18-23,25-26,35-36,51,57H,16-17,24,27-29H2,1-7H3,(H,54,58)/t35?,36-/m0/s1. The van der Waals surface area contributed by atoms with E-state index in [0.717, 1.165) is 28.7 Å². The van der Waals surface area contributed by atoms with Gasteiger partial charge in [-0.05, 0) is 83.0 Å². The van der Waals surface area contributed by atoms with Crippen LogP contribution in [0.5, 0.6) is 28.7 Å². The van der Waals surface area contributed by atoms with Crippen molar-refractivity contribution in [1.82, 2.24) is 15.1 Å². The second-order valence-electron chi connectivity index (χ2n) is 18.2. The summed E-state index contributed by atoms with van der Waals surface area (Å²) in [6.07, 6.45) is 9.27. The number of anilines is 1. The highest BCUT2D eigenvalue weighted by atomic mass is 16.5. The Kier molecular flexibility index (Phi) is 12.1. The molecule has 8 rings (SSSR count). The number of carbonyl (C=O) groups excluding carboxylic acids is 3. The number of carbonyl (C=O) groups is 3. The van der Waals surface area contributed by atoms with Crippen LogP contribution in [0.2, 0.25) is 0 Å². The maximum absolute atomic E-state index is 14.0. The predicted octanol–water partition coefficient (Wildman–Crippen LogP) is 8.41. The summed E-state index contributed by atoms with van der Waals surface area (Å²) >= 11 is 0. The molecule has 4 aliphatic rings. The van der Waals surface area contributed by atoms with Gasteiger partial charge in [-0.25, -0.2) is 0 Å². The molecule has 0 aliphatic carbocycles. The predicted molar refractivity (Wildman–Crippen MR) is 248 cm³/mol. The fourth-order valence-corrected chi connectivity index (χ4v) is 8.90. The van der Waals surface area contributed by atoms with E-state index in [2.05, 4.69) is 38.3 Å². The second-order valence-corrected chi connectivity index (χ2v) is 18.2. The molecular weight excluding hydrogens is 813 g/mol. The van der Waals surface area contributed by atoms with Crippen LogP contribution in [0.4, 0.5) is 17.1 Å². The number of amides is 3. The van der Waals surface area contributed by atoms with Crippen LogP contribution in [0.15, 0.2) is 95.2 Å². The van der Waals surface area contributed by atoms with Gasteiger partial charge in [0.05, 0.1) is 68.6 Å². The summed E-state index contributed by atoms with van der Waals surface area (Å²) in [6, 6.07) is 21.0. The summed E-state index contributed by atoms with van der Waals surface area (Å²) in [5.74, 6) is 1.56. The first-order valence-electron chi connectivity index (χ1n) is 21.3. The zero-order chi connectivity index (χ0) is 45.3. The van der Waals surface area contributed by atoms with E-state index in [1.807, 2.05) is 55.0 Å². The number of phenolic OH excluding ortho intramolecular Hbond substituents is 1. The average Bonchev–Trinajstić information content (AvgIpc) is 3.85. The van der Waals surface area contributed by atoms with Crippen LogP contribution in [0.1, 0.15) is 78.8 Å². The molecule has 3 amide bonds. The molecule has 4 heterocycles. The number of hydrogen-bond acceptors (Lipinski definition) is 11. The number of likely N-dealkylation sites (N-methyl/N-ethyl adjacent to an activating group) is 1. The number of phenols is 1. The molecule has 4 aromatic rings. The Labute approximate surface area is 373 Å². The van der Waals surface area contributed by atoms with Crippen molar-refractivity contribution in [3.8, 4) is 28.7 Å². The Bertz CT molecular complexity index is 2600. The normalized spacial score (nSPS) is 17.7. The van der Waals surface area contributed by atoms with Gasteiger partial charge in [0.15, 0.2) is 23.0 Å². The molecule has 332 valence electrons. The van der Waals surface area contributed by atoms with E-state index >= 15 is 0 Å². The van der Waals surface area contributed by atoms with Crippen LogP contribution in [0.25, 0.3) is 11.1 Å². The van der Waals surface area contributed by atoms with Crippen molar-refractivity contribution in [3.63, 3.8) is 0 Å². The Morgan fingerprint density at radius 2 is 1.16 bits per heavy atom. The van der Waals surface area contributed by atoms with E-state index in [4.69, 9.17) is 28.9 Å². The Morgan fingerprint density at radius 1 is 0.703 bits per heavy atom. The summed E-state index contributed by atoms with van der Waals surface area (Å²) in [7, 11) is 4.83. The lowest BCUT2D eigenvalue weighted by Gasteiger charge is -2.35. The van der Waals surface area contributed by atoms with Crippen LogP contribution in [-0.4, -0.2) is 98.2 Å². The fourth-order valence-electron chi connectivity index (χ4n) is 8.90. The Morgan fingerprint density at radius 3 is 1.59 bits per heavy atom. The van der Waals surface area contributed by atoms with Gasteiger partial charge >= 0.3 is 0 Å². The van der Waals surface area contributed by atoms with Crippen molar-refractivity contribution < 1.29 is 38.4 Å². The summed E-state index contributed by atoms with van der Waals surface area (Å²) in [4.78, 5) is 52.8. The van der Waals surface area contributed by atoms with Gasteiger partial charge in [-0.2, -0.15) is 0 Å². The van der Waals surface area contributed by atoms with Gasteiger partial charge in [0.1, 0.15) is 5.75 Å². The minimum Gasteiger partial charge on any atom is -0.508 e. The van der Waals surface area contributed by atoms with Crippen molar-refractivity contribution in [1.29, 1.82) is 0 Å². The van der Waals surface area contributed by atoms with Crippen molar-refractivity contribution >= 4 is 58.4 Å². The molecule has 14 heteroatoms. The van der Waals surface area contributed by atoms with Gasteiger partial charge in [-0.15, -0.1) is 0 Å². The lowest BCUT2D eigenvalue weighted by atomic mass is 9.76. The van der Waals surface area contributed by atoms with E-state index in [1.54, 1.807) is 73.7 Å². The number of aliphatic imine (C=N–C) groups is 2. The third kappa shape index (κ3) is 9.23. The number of fused-ring (bicyclic) bond motifs is 4. The van der Waals surface area contributed by atoms with E-state index in [-0.39, 0.29) is 52.9 Å². The second kappa shape index (κ2) is 17.7. The maximum Gasteiger partial charge on any atom is 0.260 e. The highest BCUT2D eigenvalue weighted by Crippen LogP contribution is 2.44. The third-order valence-corrected chi connectivity index (χ3v) is 11.7. The van der Waals surface area contributed by atoms with Crippen LogP contribution in [-0.2, 0) is 4.79 Å². The molecule has 4 aromatic carbocycles. The number of rotatable bonds is 15. The van der Waals surface area contributed by atoms with Gasteiger partial charge < -0.3 is 44.5 Å². The van der Waals surface area contributed by atoms with Crippen LogP contribution in [0, 0.1) is 10.8 Å². The van der Waals surface area contributed by atoms with Crippen LogP contribution >= 0.6 is 0 Å². The molecule has 0 spiro atoms. The third-order valence-electron chi connectivity index (χ3n) is 11.7. The molecule has 2 atom stereocenters. The maximum atomic E-state index is 14.0. The van der Waals surface area contributed by atoms with E-state index < -0.39 is 0 Å². The van der Waals surface area contributed by atoms with Crippen molar-refractivity contribution in [3.05, 3.63) is 107 Å². The van der Waals surface area contributed by atoms with E-state index in [9.17, 15) is 19.5 Å². The summed E-state index contributed by atoms with van der Waals surface area (Å²) < 4.78 is 24.4. The molecule has 14 nitrogen and oxygen atoms in total. The Hall–Kier alpha value is -6.93. The molecule has 0 radical (unpaired) electrons. The van der Waals surface area contributed by atoms with E-state index in [0.29, 0.717) is 77.2 Å². The average molecular weight is 867 g/mol. The zero-order valence-electron chi connectivity index (χ0n) is 37.2. The minimum absolute atomic E-state index is 0.123. The number of hydrogen-bond donors (Lipinski definition) is 3. The number of benzene rings is 4. The zero-order valence-corrected chi connectivity index (χ0v) is 37.2. The molecule has 0 fully saturated rings. The topological polar surface area (TPSA) is 164 Å². The van der Waals surface area contributed by atoms with Gasteiger partial charge in [0.25, 0.3) is 11.8 Å². The lowest BCUT2D eigenvalue weighted by molar-refractivity contribution is -0.115. The molecular formula is C50H54N6O8. The number of methoxy groups -OCH3 is 2. The SMILES string of the molecule is CNCC(=O)Nc1ccc(C2=CN3C(=O)c4cc(OC)c(OCC(C)(C)CC(C)(C)COc5cc6c(cc5OC)C(=O)N5C=C(c7ccc(O)cc7)C[C@H]5C=N6)cc4N=CC3C2)cc1. The van der Waals surface area contributed by atoms with Gasteiger partial charge in [-0.3, -0.25) is 24.4 Å². The molecule has 4 aliphatic heterocycles. The molecule has 1 unspecified atom stereocenters. The van der Waals surface area contributed by atoms with Gasteiger partial charge in [0, 0.05) is 55.5 Å². The first-order chi connectivity index (χ1) is 30.6. The summed E-state index contributed by atoms with van der Waals surface area (Å²) in [6.45, 7) is 9.46. The van der Waals surface area contributed by atoms with Crippen LogP contribution in [0.3, 0.4) is 0 Å². The monoisotopic (exact) mass is 866 g/mol. The molecule has 0 bridgehead atoms. The largest absolute Gasteiger partial charge is 0.508 e. The molecule has 0 saturated heterocycles. The Balaban J connectivity index is 0.903. The lowest BCUT2D eigenvalue weighted by Crippen LogP contribution is -2.33. The van der Waals surface area contributed by atoms with Crippen LogP contribution < -0.4 is 29.6 Å². The highest BCUT2D eigenvalue weighted by molar-refractivity contribution is 6.06.